The van der Waals surface area contributed by atoms with Gasteiger partial charge in [-0.05, 0) is 50.4 Å². The topological polar surface area (TPSA) is 24.5 Å². The number of nitrogens with one attached hydrogen (secondary N) is 1. The van der Waals surface area contributed by atoms with Crippen LogP contribution in [0.15, 0.2) is 18.2 Å². The van der Waals surface area contributed by atoms with Crippen LogP contribution in [-0.2, 0) is 6.54 Å². The average Bonchev–Trinajstić information content (AvgIpc) is 2.81. The highest BCUT2D eigenvalue weighted by Crippen LogP contribution is 2.31. The van der Waals surface area contributed by atoms with Gasteiger partial charge in [-0.15, -0.1) is 0 Å². The van der Waals surface area contributed by atoms with Crippen LogP contribution in [0.4, 0.5) is 5.69 Å². The van der Waals surface area contributed by atoms with Gasteiger partial charge in [-0.25, -0.2) is 0 Å². The SMILES string of the molecule is CCCCNCc1ccc(N2CCCCCC2)c(OCC)c1. The highest BCUT2D eigenvalue weighted by atomic mass is 16.5. The maximum atomic E-state index is 5.93. The smallest absolute Gasteiger partial charge is 0.142 e. The van der Waals surface area contributed by atoms with Crippen molar-refractivity contribution in [2.24, 2.45) is 0 Å². The molecule has 1 aliphatic heterocycles. The van der Waals surface area contributed by atoms with Crippen molar-refractivity contribution in [2.75, 3.05) is 31.1 Å². The minimum absolute atomic E-state index is 0.730. The Kier molecular flexibility index (Phi) is 7.58. The van der Waals surface area contributed by atoms with Crippen molar-refractivity contribution in [3.05, 3.63) is 23.8 Å². The van der Waals surface area contributed by atoms with Crippen molar-refractivity contribution in [2.45, 2.75) is 58.9 Å². The molecule has 124 valence electrons. The van der Waals surface area contributed by atoms with E-state index in [1.165, 1.54) is 49.8 Å². The van der Waals surface area contributed by atoms with E-state index in [0.717, 1.165) is 38.5 Å². The number of unbranched alkanes of at least 4 members (excludes halogenated alkanes) is 1. The lowest BCUT2D eigenvalue weighted by atomic mass is 10.1. The van der Waals surface area contributed by atoms with Crippen molar-refractivity contribution < 1.29 is 4.74 Å². The summed E-state index contributed by atoms with van der Waals surface area (Å²) < 4.78 is 5.93. The zero-order valence-corrected chi connectivity index (χ0v) is 14.4. The number of nitrogens with zero attached hydrogens (tertiary/aromatic N) is 1. The molecule has 1 aromatic carbocycles. The van der Waals surface area contributed by atoms with Gasteiger partial charge in [-0.1, -0.05) is 32.3 Å². The lowest BCUT2D eigenvalue weighted by Crippen LogP contribution is -2.24. The van der Waals surface area contributed by atoms with Crippen LogP contribution in [-0.4, -0.2) is 26.2 Å². The van der Waals surface area contributed by atoms with Crippen molar-refractivity contribution in [1.82, 2.24) is 5.32 Å². The number of rotatable bonds is 8. The summed E-state index contributed by atoms with van der Waals surface area (Å²) in [6.07, 6.45) is 7.80. The first-order chi connectivity index (χ1) is 10.8. The maximum absolute atomic E-state index is 5.93. The van der Waals surface area contributed by atoms with E-state index in [9.17, 15) is 0 Å². The number of hydrogen-bond donors (Lipinski definition) is 1. The van der Waals surface area contributed by atoms with Gasteiger partial charge in [0.1, 0.15) is 5.75 Å². The van der Waals surface area contributed by atoms with Crippen molar-refractivity contribution >= 4 is 5.69 Å². The van der Waals surface area contributed by atoms with Crippen molar-refractivity contribution in [3.8, 4) is 5.75 Å². The Balaban J connectivity index is 2.05. The summed E-state index contributed by atoms with van der Waals surface area (Å²) in [6, 6.07) is 6.73. The van der Waals surface area contributed by atoms with Crippen molar-refractivity contribution in [1.29, 1.82) is 0 Å². The molecule has 0 radical (unpaired) electrons. The third-order valence-electron chi connectivity index (χ3n) is 4.31. The highest BCUT2D eigenvalue weighted by molar-refractivity contribution is 5.60. The second-order valence-corrected chi connectivity index (χ2v) is 6.17. The lowest BCUT2D eigenvalue weighted by molar-refractivity contribution is 0.340. The van der Waals surface area contributed by atoms with Gasteiger partial charge in [0.05, 0.1) is 12.3 Å². The Morgan fingerprint density at radius 1 is 1.09 bits per heavy atom. The number of hydrogen-bond acceptors (Lipinski definition) is 3. The quantitative estimate of drug-likeness (QED) is 0.722. The normalized spacial score (nSPS) is 15.6. The van der Waals surface area contributed by atoms with Crippen LogP contribution in [0, 0.1) is 0 Å². The first-order valence-electron chi connectivity index (χ1n) is 9.06. The molecule has 0 atom stereocenters. The molecule has 1 N–H and O–H groups in total. The van der Waals surface area contributed by atoms with Gasteiger partial charge in [0.25, 0.3) is 0 Å². The standard InChI is InChI=1S/C19H32N2O/c1-3-5-12-20-16-17-10-11-18(19(15-17)22-4-2)21-13-8-6-7-9-14-21/h10-11,15,20H,3-9,12-14,16H2,1-2H3. The van der Waals surface area contributed by atoms with E-state index in [-0.39, 0.29) is 0 Å². The maximum Gasteiger partial charge on any atom is 0.142 e. The second-order valence-electron chi connectivity index (χ2n) is 6.17. The second kappa shape index (κ2) is 9.73. The van der Waals surface area contributed by atoms with Crippen LogP contribution in [0.1, 0.15) is 57.9 Å². The summed E-state index contributed by atoms with van der Waals surface area (Å²) in [5.41, 5.74) is 2.60. The van der Waals surface area contributed by atoms with Gasteiger partial charge in [0.2, 0.25) is 0 Å². The molecule has 3 nitrogen and oxygen atoms in total. The average molecular weight is 304 g/mol. The van der Waals surface area contributed by atoms with Gasteiger partial charge < -0.3 is 15.0 Å². The summed E-state index contributed by atoms with van der Waals surface area (Å²) in [5.74, 6) is 1.05. The monoisotopic (exact) mass is 304 g/mol. The molecule has 22 heavy (non-hydrogen) atoms. The number of ether oxygens (including phenoxy) is 1. The molecule has 0 bridgehead atoms. The highest BCUT2D eigenvalue weighted by Gasteiger charge is 2.14. The minimum atomic E-state index is 0.730. The third kappa shape index (κ3) is 5.20. The summed E-state index contributed by atoms with van der Waals surface area (Å²) in [7, 11) is 0. The number of anilines is 1. The van der Waals surface area contributed by atoms with Crippen LogP contribution in [0.3, 0.4) is 0 Å². The Morgan fingerprint density at radius 3 is 2.55 bits per heavy atom. The van der Waals surface area contributed by atoms with Gasteiger partial charge in [0, 0.05) is 19.6 Å². The predicted molar refractivity (Wildman–Crippen MR) is 94.9 cm³/mol. The minimum Gasteiger partial charge on any atom is -0.492 e. The molecule has 1 heterocycles. The fraction of sp³-hybridized carbons (Fsp3) is 0.684. The van der Waals surface area contributed by atoms with Gasteiger partial charge in [0.15, 0.2) is 0 Å². The first-order valence-corrected chi connectivity index (χ1v) is 9.06. The molecule has 1 saturated heterocycles. The van der Waals surface area contributed by atoms with E-state index in [1.807, 2.05) is 0 Å². The molecule has 0 saturated carbocycles. The van der Waals surface area contributed by atoms with E-state index in [4.69, 9.17) is 4.74 Å². The van der Waals surface area contributed by atoms with Crippen LogP contribution in [0.25, 0.3) is 0 Å². The van der Waals surface area contributed by atoms with Crippen LogP contribution >= 0.6 is 0 Å². The van der Waals surface area contributed by atoms with Crippen LogP contribution in [0.2, 0.25) is 0 Å². The molecule has 3 heteroatoms. The molecule has 0 amide bonds. The van der Waals surface area contributed by atoms with Gasteiger partial charge >= 0.3 is 0 Å². The zero-order chi connectivity index (χ0) is 15.6. The fourth-order valence-corrected chi connectivity index (χ4v) is 3.05. The summed E-state index contributed by atoms with van der Waals surface area (Å²) in [4.78, 5) is 2.51. The Morgan fingerprint density at radius 2 is 1.86 bits per heavy atom. The predicted octanol–water partition coefficient (Wildman–Crippen LogP) is 4.36. The largest absolute Gasteiger partial charge is 0.492 e. The molecule has 0 aromatic heterocycles. The summed E-state index contributed by atoms with van der Waals surface area (Å²) in [5, 5.41) is 3.51. The van der Waals surface area contributed by atoms with Crippen molar-refractivity contribution in [3.63, 3.8) is 0 Å². The van der Waals surface area contributed by atoms with Crippen LogP contribution in [0.5, 0.6) is 5.75 Å². The summed E-state index contributed by atoms with van der Waals surface area (Å²) in [6.45, 7) is 9.37. The zero-order valence-electron chi connectivity index (χ0n) is 14.4. The Labute approximate surface area is 136 Å². The molecule has 0 aliphatic carbocycles. The molecule has 1 aliphatic rings. The number of benzene rings is 1. The molecule has 1 aromatic rings. The molecule has 0 unspecified atom stereocenters. The Bertz CT molecular complexity index is 425. The molecule has 0 spiro atoms. The van der Waals surface area contributed by atoms with Crippen LogP contribution < -0.4 is 15.0 Å². The molecular weight excluding hydrogens is 272 g/mol. The Hall–Kier alpha value is -1.22. The first kappa shape index (κ1) is 17.1. The van der Waals surface area contributed by atoms with E-state index in [2.05, 4.69) is 42.3 Å². The molecule has 1 fully saturated rings. The van der Waals surface area contributed by atoms with Gasteiger partial charge in [-0.3, -0.25) is 0 Å². The van der Waals surface area contributed by atoms with Gasteiger partial charge in [-0.2, -0.15) is 0 Å². The fourth-order valence-electron chi connectivity index (χ4n) is 3.05. The van der Waals surface area contributed by atoms with E-state index < -0.39 is 0 Å². The van der Waals surface area contributed by atoms with E-state index in [0.29, 0.717) is 0 Å². The summed E-state index contributed by atoms with van der Waals surface area (Å²) >= 11 is 0. The van der Waals surface area contributed by atoms with E-state index in [1.54, 1.807) is 0 Å². The lowest BCUT2D eigenvalue weighted by Gasteiger charge is -2.25. The molecule has 2 rings (SSSR count). The third-order valence-corrected chi connectivity index (χ3v) is 4.31. The molecular formula is C19H32N2O. The van der Waals surface area contributed by atoms with E-state index >= 15 is 0 Å².